The molecule has 2 aliphatic rings. The van der Waals surface area contributed by atoms with Crippen molar-refractivity contribution in [3.05, 3.63) is 46.7 Å². The van der Waals surface area contributed by atoms with Crippen LogP contribution in [0.5, 0.6) is 0 Å². The molecule has 0 radical (unpaired) electrons. The molecule has 0 saturated carbocycles. The van der Waals surface area contributed by atoms with E-state index in [1.165, 1.54) is 4.90 Å². The summed E-state index contributed by atoms with van der Waals surface area (Å²) in [6.07, 6.45) is 4.80. The van der Waals surface area contributed by atoms with Gasteiger partial charge in [-0.1, -0.05) is 11.6 Å². The minimum atomic E-state index is -0.0681. The maximum atomic E-state index is 13.0. The quantitative estimate of drug-likeness (QED) is 0.812. The number of benzene rings is 1. The van der Waals surface area contributed by atoms with E-state index in [0.717, 1.165) is 34.9 Å². The Bertz CT molecular complexity index is 797. The molecule has 1 amide bonds. The average Bonchev–Trinajstić information content (AvgIpc) is 3.24. The molecule has 0 spiro atoms. The van der Waals surface area contributed by atoms with E-state index in [2.05, 4.69) is 21.8 Å². The molecule has 1 saturated heterocycles. The molecule has 4 rings (SSSR count). The normalized spacial score (nSPS) is 24.6. The van der Waals surface area contributed by atoms with Gasteiger partial charge in [0, 0.05) is 47.9 Å². The molecular formula is C18H22Cl2N4OS. The van der Waals surface area contributed by atoms with Gasteiger partial charge >= 0.3 is 0 Å². The van der Waals surface area contributed by atoms with E-state index < -0.39 is 0 Å². The molecule has 26 heavy (non-hydrogen) atoms. The van der Waals surface area contributed by atoms with Crippen molar-refractivity contribution in [3.63, 3.8) is 0 Å². The summed E-state index contributed by atoms with van der Waals surface area (Å²) in [6.45, 7) is 1.52. The summed E-state index contributed by atoms with van der Waals surface area (Å²) in [5.41, 5.74) is 2.26. The summed E-state index contributed by atoms with van der Waals surface area (Å²) >= 11 is 8.00. The third kappa shape index (κ3) is 3.88. The highest BCUT2D eigenvalue weighted by Crippen LogP contribution is 2.38. The summed E-state index contributed by atoms with van der Waals surface area (Å²) in [5, 5.41) is 11.6. The zero-order valence-corrected chi connectivity index (χ0v) is 16.8. The lowest BCUT2D eigenvalue weighted by Gasteiger charge is -2.28. The molecule has 5 nitrogen and oxygen atoms in total. The van der Waals surface area contributed by atoms with Crippen molar-refractivity contribution < 1.29 is 4.79 Å². The molecule has 3 heterocycles. The smallest absolute Gasteiger partial charge is 0.225 e. The van der Waals surface area contributed by atoms with Gasteiger partial charge < -0.3 is 10.6 Å². The molecule has 8 heteroatoms. The predicted octanol–water partition coefficient (Wildman–Crippen LogP) is 3.15. The third-order valence-corrected chi connectivity index (χ3v) is 6.39. The van der Waals surface area contributed by atoms with Crippen LogP contribution in [0.2, 0.25) is 5.02 Å². The molecule has 3 atom stereocenters. The highest BCUT2D eigenvalue weighted by atomic mass is 35.5. The summed E-state index contributed by atoms with van der Waals surface area (Å²) in [5.74, 6) is 1.22. The zero-order chi connectivity index (χ0) is 17.4. The lowest BCUT2D eigenvalue weighted by Crippen LogP contribution is -2.38. The molecule has 2 N–H and O–H groups in total. The number of nitrogens with one attached hydrogen (secondary N) is 2. The fourth-order valence-electron chi connectivity index (χ4n) is 3.73. The van der Waals surface area contributed by atoms with Crippen molar-refractivity contribution in [2.75, 3.05) is 18.8 Å². The van der Waals surface area contributed by atoms with Crippen molar-refractivity contribution in [1.29, 1.82) is 0 Å². The zero-order valence-electron chi connectivity index (χ0n) is 14.4. The summed E-state index contributed by atoms with van der Waals surface area (Å²) in [4.78, 5) is 14.2. The monoisotopic (exact) mass is 412 g/mol. The molecule has 1 aromatic carbocycles. The first kappa shape index (κ1) is 19.5. The summed E-state index contributed by atoms with van der Waals surface area (Å²) in [7, 11) is 1.90. The van der Waals surface area contributed by atoms with Gasteiger partial charge in [0.1, 0.15) is 0 Å². The van der Waals surface area contributed by atoms with Crippen molar-refractivity contribution in [2.24, 2.45) is 13.0 Å². The van der Waals surface area contributed by atoms with Crippen molar-refractivity contribution in [1.82, 2.24) is 20.4 Å². The number of hydrogen-bond acceptors (Lipinski definition) is 4. The van der Waals surface area contributed by atoms with Gasteiger partial charge in [-0.15, -0.1) is 24.2 Å². The molecule has 0 aliphatic carbocycles. The van der Waals surface area contributed by atoms with Crippen LogP contribution in [-0.2, 0) is 11.8 Å². The number of aromatic nitrogens is 2. The number of nitrogens with zero attached hydrogens (tertiary/aromatic N) is 2. The minimum Gasteiger partial charge on any atom is -0.349 e. The summed E-state index contributed by atoms with van der Waals surface area (Å²) < 4.78 is 1.79. The Labute approximate surface area is 168 Å². The van der Waals surface area contributed by atoms with Crippen molar-refractivity contribution in [3.8, 4) is 0 Å². The van der Waals surface area contributed by atoms with Gasteiger partial charge in [-0.3, -0.25) is 9.48 Å². The van der Waals surface area contributed by atoms with Gasteiger partial charge in [0.2, 0.25) is 5.91 Å². The fraction of sp³-hybridized carbons (Fsp3) is 0.444. The Morgan fingerprint density at radius 2 is 2.27 bits per heavy atom. The standard InChI is InChI=1S/C18H21ClN4OS.ClH/c1-23-10-11(7-21-23)14-8-20-9-15(14)18(24)22-16-4-5-25-17-3-2-12(19)6-13(16)17;/h2-3,6-7,10,14-16,20H,4-5,8-9H2,1H3,(H,22,24);1H/t14-,15+,16?;/m1./s1. The van der Waals surface area contributed by atoms with E-state index in [-0.39, 0.29) is 36.2 Å². The predicted molar refractivity (Wildman–Crippen MR) is 107 cm³/mol. The Balaban J connectivity index is 0.00000196. The average molecular weight is 413 g/mol. The number of fused-ring (bicyclic) bond motifs is 1. The second kappa shape index (κ2) is 8.21. The van der Waals surface area contributed by atoms with Gasteiger partial charge in [-0.2, -0.15) is 5.10 Å². The molecule has 1 unspecified atom stereocenters. The van der Waals surface area contributed by atoms with E-state index in [9.17, 15) is 4.79 Å². The van der Waals surface area contributed by atoms with Gasteiger partial charge in [-0.25, -0.2) is 0 Å². The third-order valence-electron chi connectivity index (χ3n) is 5.03. The SMILES string of the molecule is Cl.Cn1cc([C@H]2CNC[C@@H]2C(=O)NC2CCSc3ccc(Cl)cc32)cn1. The molecule has 0 bridgehead atoms. The largest absolute Gasteiger partial charge is 0.349 e. The maximum Gasteiger partial charge on any atom is 0.225 e. The maximum absolute atomic E-state index is 13.0. The van der Waals surface area contributed by atoms with E-state index in [1.54, 1.807) is 4.68 Å². The van der Waals surface area contributed by atoms with Crippen LogP contribution in [0.1, 0.15) is 29.5 Å². The highest BCUT2D eigenvalue weighted by molar-refractivity contribution is 7.99. The number of carbonyl (C=O) groups is 1. The molecule has 2 aromatic rings. The van der Waals surface area contributed by atoms with Gasteiger partial charge in [0.15, 0.2) is 0 Å². The van der Waals surface area contributed by atoms with Gasteiger partial charge in [0.25, 0.3) is 0 Å². The number of amides is 1. The molecule has 2 aliphatic heterocycles. The first-order valence-electron chi connectivity index (χ1n) is 8.53. The van der Waals surface area contributed by atoms with Gasteiger partial charge in [0.05, 0.1) is 18.2 Å². The number of thioether (sulfide) groups is 1. The van der Waals surface area contributed by atoms with E-state index in [0.29, 0.717) is 6.54 Å². The van der Waals surface area contributed by atoms with Crippen LogP contribution in [0, 0.1) is 5.92 Å². The van der Waals surface area contributed by atoms with Crippen LogP contribution in [0.4, 0.5) is 0 Å². The molecular weight excluding hydrogens is 391 g/mol. The first-order valence-corrected chi connectivity index (χ1v) is 9.90. The Kier molecular flexibility index (Phi) is 6.17. The number of halogens is 2. The number of rotatable bonds is 3. The van der Waals surface area contributed by atoms with Crippen molar-refractivity contribution >= 4 is 41.7 Å². The topological polar surface area (TPSA) is 59.0 Å². The Hall–Kier alpha value is -1.21. The van der Waals surface area contributed by atoms with Crippen molar-refractivity contribution in [2.45, 2.75) is 23.3 Å². The van der Waals surface area contributed by atoms with Crippen LogP contribution in [0.15, 0.2) is 35.5 Å². The van der Waals surface area contributed by atoms with E-state index in [1.807, 2.05) is 43.3 Å². The van der Waals surface area contributed by atoms with E-state index in [4.69, 9.17) is 11.6 Å². The molecule has 1 aromatic heterocycles. The second-order valence-corrected chi connectivity index (χ2v) is 8.27. The lowest BCUT2D eigenvalue weighted by atomic mass is 9.89. The van der Waals surface area contributed by atoms with Crippen LogP contribution < -0.4 is 10.6 Å². The Morgan fingerprint density at radius 3 is 3.04 bits per heavy atom. The number of hydrogen-bond donors (Lipinski definition) is 2. The number of aryl methyl sites for hydroxylation is 1. The summed E-state index contributed by atoms with van der Waals surface area (Å²) in [6, 6.07) is 5.99. The minimum absolute atomic E-state index is 0. The van der Waals surface area contributed by atoms with Crippen LogP contribution in [0.25, 0.3) is 0 Å². The Morgan fingerprint density at radius 1 is 1.42 bits per heavy atom. The van der Waals surface area contributed by atoms with Gasteiger partial charge in [-0.05, 0) is 35.7 Å². The first-order chi connectivity index (χ1) is 12.1. The van der Waals surface area contributed by atoms with Crippen LogP contribution >= 0.6 is 35.8 Å². The lowest BCUT2D eigenvalue weighted by molar-refractivity contribution is -0.125. The van der Waals surface area contributed by atoms with Crippen LogP contribution in [0.3, 0.4) is 0 Å². The molecule has 1 fully saturated rings. The fourth-order valence-corrected chi connectivity index (χ4v) is 5.02. The van der Waals surface area contributed by atoms with E-state index >= 15 is 0 Å². The van der Waals surface area contributed by atoms with Crippen LogP contribution in [-0.4, -0.2) is 34.5 Å². The number of carbonyl (C=O) groups excluding carboxylic acids is 1. The molecule has 140 valence electrons. The second-order valence-electron chi connectivity index (χ2n) is 6.70. The highest BCUT2D eigenvalue weighted by Gasteiger charge is 2.36.